The molecule has 0 bridgehead atoms. The first kappa shape index (κ1) is 15.1. The standard InChI is InChI=1S/C18H18N2O3/c1-20(2)18(22)12-7-9-14(10-8-12)19-17(21)16-11-13-5-3-4-6-15(13)23-16/h3-10,16H,11H2,1-2H3,(H,19,21)/t16-/m1/s1. The number of anilines is 1. The van der Waals surface area contributed by atoms with Gasteiger partial charge >= 0.3 is 0 Å². The summed E-state index contributed by atoms with van der Waals surface area (Å²) in [6.07, 6.45) is 0.0506. The molecule has 2 aromatic carbocycles. The number of nitrogens with zero attached hydrogens (tertiary/aromatic N) is 1. The molecule has 0 aliphatic carbocycles. The van der Waals surface area contributed by atoms with Crippen LogP contribution in [-0.2, 0) is 11.2 Å². The molecule has 2 amide bonds. The van der Waals surface area contributed by atoms with Gasteiger partial charge in [-0.1, -0.05) is 18.2 Å². The van der Waals surface area contributed by atoms with E-state index in [0.29, 0.717) is 17.7 Å². The number of benzene rings is 2. The van der Waals surface area contributed by atoms with E-state index in [0.717, 1.165) is 11.3 Å². The van der Waals surface area contributed by atoms with Crippen molar-refractivity contribution in [3.63, 3.8) is 0 Å². The number of hydrogen-bond acceptors (Lipinski definition) is 3. The van der Waals surface area contributed by atoms with Crippen molar-refractivity contribution in [2.45, 2.75) is 12.5 Å². The van der Waals surface area contributed by atoms with Crippen molar-refractivity contribution in [1.29, 1.82) is 0 Å². The van der Waals surface area contributed by atoms with Crippen LogP contribution in [-0.4, -0.2) is 36.9 Å². The maximum absolute atomic E-state index is 12.3. The van der Waals surface area contributed by atoms with Gasteiger partial charge in [0.05, 0.1) is 0 Å². The van der Waals surface area contributed by atoms with Gasteiger partial charge in [-0.3, -0.25) is 9.59 Å². The van der Waals surface area contributed by atoms with Crippen LogP contribution in [0.5, 0.6) is 5.75 Å². The molecule has 5 heteroatoms. The number of hydrogen-bond donors (Lipinski definition) is 1. The third-order valence-electron chi connectivity index (χ3n) is 3.75. The third-order valence-corrected chi connectivity index (χ3v) is 3.75. The SMILES string of the molecule is CN(C)C(=O)c1ccc(NC(=O)[C@H]2Cc3ccccc3O2)cc1. The third kappa shape index (κ3) is 3.18. The van der Waals surface area contributed by atoms with Crippen LogP contribution in [0.3, 0.4) is 0 Å². The Morgan fingerprint density at radius 1 is 1.09 bits per heavy atom. The largest absolute Gasteiger partial charge is 0.480 e. The smallest absolute Gasteiger partial charge is 0.265 e. The molecule has 1 aliphatic rings. The molecule has 2 aromatic rings. The lowest BCUT2D eigenvalue weighted by atomic mass is 10.1. The first-order valence-corrected chi connectivity index (χ1v) is 7.42. The number of rotatable bonds is 3. The van der Waals surface area contributed by atoms with Crippen LogP contribution in [0.1, 0.15) is 15.9 Å². The van der Waals surface area contributed by atoms with Crippen LogP contribution in [0.25, 0.3) is 0 Å². The van der Waals surface area contributed by atoms with E-state index in [-0.39, 0.29) is 11.8 Å². The summed E-state index contributed by atoms with van der Waals surface area (Å²) in [7, 11) is 3.40. The fraction of sp³-hybridized carbons (Fsp3) is 0.222. The molecule has 118 valence electrons. The van der Waals surface area contributed by atoms with Gasteiger partial charge in [0.25, 0.3) is 11.8 Å². The maximum Gasteiger partial charge on any atom is 0.265 e. The van der Waals surface area contributed by atoms with E-state index in [1.807, 2.05) is 24.3 Å². The van der Waals surface area contributed by atoms with Gasteiger partial charge in [-0.05, 0) is 35.9 Å². The zero-order valence-electron chi connectivity index (χ0n) is 13.1. The zero-order chi connectivity index (χ0) is 16.4. The summed E-state index contributed by atoms with van der Waals surface area (Å²) in [6.45, 7) is 0. The second-order valence-electron chi connectivity index (χ2n) is 5.68. The predicted octanol–water partition coefficient (Wildman–Crippen LogP) is 2.33. The Kier molecular flexibility index (Phi) is 4.02. The van der Waals surface area contributed by atoms with E-state index in [4.69, 9.17) is 4.74 Å². The van der Waals surface area contributed by atoms with Crippen molar-refractivity contribution in [2.24, 2.45) is 0 Å². The quantitative estimate of drug-likeness (QED) is 0.946. The van der Waals surface area contributed by atoms with Gasteiger partial charge in [-0.25, -0.2) is 0 Å². The molecule has 1 heterocycles. The number of nitrogens with one attached hydrogen (secondary N) is 1. The van der Waals surface area contributed by atoms with E-state index in [1.54, 1.807) is 38.4 Å². The molecule has 5 nitrogen and oxygen atoms in total. The average molecular weight is 310 g/mol. The highest BCUT2D eigenvalue weighted by Gasteiger charge is 2.28. The molecule has 0 saturated heterocycles. The Bertz CT molecular complexity index is 713. The second-order valence-corrected chi connectivity index (χ2v) is 5.68. The minimum absolute atomic E-state index is 0.0718. The summed E-state index contributed by atoms with van der Waals surface area (Å²) in [5, 5.41) is 2.83. The van der Waals surface area contributed by atoms with E-state index >= 15 is 0 Å². The lowest BCUT2D eigenvalue weighted by molar-refractivity contribution is -0.122. The molecule has 1 N–H and O–H groups in total. The molecule has 0 radical (unpaired) electrons. The maximum atomic E-state index is 12.3. The van der Waals surface area contributed by atoms with Gasteiger partial charge < -0.3 is 15.0 Å². The van der Waals surface area contributed by atoms with Crippen LogP contribution in [0, 0.1) is 0 Å². The molecule has 0 spiro atoms. The van der Waals surface area contributed by atoms with Gasteiger partial charge in [0.15, 0.2) is 6.10 Å². The molecular weight excluding hydrogens is 292 g/mol. The highest BCUT2D eigenvalue weighted by Crippen LogP contribution is 2.28. The minimum Gasteiger partial charge on any atom is -0.480 e. The van der Waals surface area contributed by atoms with Gasteiger partial charge in [0.2, 0.25) is 0 Å². The first-order chi connectivity index (χ1) is 11.0. The number of carbonyl (C=O) groups excluding carboxylic acids is 2. The Balaban J connectivity index is 1.64. The van der Waals surface area contributed by atoms with Gasteiger partial charge in [0, 0.05) is 31.8 Å². The van der Waals surface area contributed by atoms with Crippen molar-refractivity contribution >= 4 is 17.5 Å². The van der Waals surface area contributed by atoms with Crippen molar-refractivity contribution in [1.82, 2.24) is 4.90 Å². The molecule has 1 aliphatic heterocycles. The summed E-state index contributed by atoms with van der Waals surface area (Å²) in [5.74, 6) is 0.505. The highest BCUT2D eigenvalue weighted by molar-refractivity contribution is 5.97. The average Bonchev–Trinajstić information content (AvgIpc) is 2.99. The van der Waals surface area contributed by atoms with Gasteiger partial charge in [-0.2, -0.15) is 0 Å². The fourth-order valence-corrected chi connectivity index (χ4v) is 2.51. The second kappa shape index (κ2) is 6.12. The van der Waals surface area contributed by atoms with E-state index < -0.39 is 6.10 Å². The number of ether oxygens (including phenoxy) is 1. The minimum atomic E-state index is -0.518. The molecular formula is C18H18N2O3. The van der Waals surface area contributed by atoms with Crippen LogP contribution >= 0.6 is 0 Å². The Morgan fingerprint density at radius 3 is 2.43 bits per heavy atom. The lowest BCUT2D eigenvalue weighted by Crippen LogP contribution is -2.31. The molecule has 3 rings (SSSR count). The Hall–Kier alpha value is -2.82. The molecule has 0 fully saturated rings. The van der Waals surface area contributed by atoms with Crippen LogP contribution in [0.15, 0.2) is 48.5 Å². The van der Waals surface area contributed by atoms with Crippen LogP contribution in [0.4, 0.5) is 5.69 Å². The first-order valence-electron chi connectivity index (χ1n) is 7.42. The highest BCUT2D eigenvalue weighted by atomic mass is 16.5. The molecule has 0 unspecified atom stereocenters. The topological polar surface area (TPSA) is 58.6 Å². The van der Waals surface area contributed by atoms with Crippen LogP contribution < -0.4 is 10.1 Å². The van der Waals surface area contributed by atoms with Crippen molar-refractivity contribution in [3.8, 4) is 5.75 Å². The van der Waals surface area contributed by atoms with E-state index in [2.05, 4.69) is 5.32 Å². The lowest BCUT2D eigenvalue weighted by Gasteiger charge is -2.13. The number of para-hydroxylation sites is 1. The Labute approximate surface area is 134 Å². The number of carbonyl (C=O) groups is 2. The fourth-order valence-electron chi connectivity index (χ4n) is 2.51. The van der Waals surface area contributed by atoms with Crippen molar-refractivity contribution in [2.75, 3.05) is 19.4 Å². The number of amides is 2. The molecule has 0 saturated carbocycles. The van der Waals surface area contributed by atoms with Gasteiger partial charge in [0.1, 0.15) is 5.75 Å². The number of fused-ring (bicyclic) bond motifs is 1. The van der Waals surface area contributed by atoms with Gasteiger partial charge in [-0.15, -0.1) is 0 Å². The monoisotopic (exact) mass is 310 g/mol. The summed E-state index contributed by atoms with van der Waals surface area (Å²) in [6, 6.07) is 14.5. The summed E-state index contributed by atoms with van der Waals surface area (Å²) < 4.78 is 5.66. The Morgan fingerprint density at radius 2 is 1.78 bits per heavy atom. The normalized spacial score (nSPS) is 15.5. The summed E-state index contributed by atoms with van der Waals surface area (Å²) in [4.78, 5) is 25.6. The predicted molar refractivity (Wildman–Crippen MR) is 87.7 cm³/mol. The summed E-state index contributed by atoms with van der Waals surface area (Å²) >= 11 is 0. The van der Waals surface area contributed by atoms with E-state index in [1.165, 1.54) is 4.90 Å². The van der Waals surface area contributed by atoms with E-state index in [9.17, 15) is 9.59 Å². The molecule has 23 heavy (non-hydrogen) atoms. The zero-order valence-corrected chi connectivity index (χ0v) is 13.1. The summed E-state index contributed by atoms with van der Waals surface area (Å²) in [5.41, 5.74) is 2.27. The van der Waals surface area contributed by atoms with Crippen molar-refractivity contribution in [3.05, 3.63) is 59.7 Å². The van der Waals surface area contributed by atoms with Crippen LogP contribution in [0.2, 0.25) is 0 Å². The van der Waals surface area contributed by atoms with Crippen molar-refractivity contribution < 1.29 is 14.3 Å². The molecule has 0 aromatic heterocycles. The molecule has 1 atom stereocenters.